The molecule has 11 heteroatoms. The first kappa shape index (κ1) is 17.2. The summed E-state index contributed by atoms with van der Waals surface area (Å²) in [6.45, 7) is 0.182. The second-order valence-electron chi connectivity index (χ2n) is 2.98. The summed E-state index contributed by atoms with van der Waals surface area (Å²) in [4.78, 5) is 34.7. The van der Waals surface area contributed by atoms with Crippen LogP contribution in [0.2, 0.25) is 0 Å². The van der Waals surface area contributed by atoms with Crippen LogP contribution in [0, 0.1) is 0 Å². The van der Waals surface area contributed by atoms with Gasteiger partial charge in [-0.3, -0.25) is 9.13 Å². The van der Waals surface area contributed by atoms with Crippen LogP contribution in [0.25, 0.3) is 0 Å². The van der Waals surface area contributed by atoms with Gasteiger partial charge in [0.15, 0.2) is 0 Å². The molecular formula is C6H16O9P2. The quantitative estimate of drug-likeness (QED) is 0.320. The Balaban J connectivity index is 4.05. The lowest BCUT2D eigenvalue weighted by atomic mass is 10.7. The third-order valence-corrected chi connectivity index (χ3v) is 4.76. The van der Waals surface area contributed by atoms with Gasteiger partial charge in [0.25, 0.3) is 5.59 Å². The highest BCUT2D eigenvalue weighted by molar-refractivity contribution is 7.70. The third kappa shape index (κ3) is 7.99. The summed E-state index contributed by atoms with van der Waals surface area (Å²) in [5, 5.41) is 0. The van der Waals surface area contributed by atoms with Crippen molar-refractivity contribution in [1.29, 1.82) is 0 Å². The van der Waals surface area contributed by atoms with Crippen molar-refractivity contribution < 1.29 is 42.9 Å². The molecule has 0 aromatic carbocycles. The molecule has 0 spiro atoms. The normalized spacial score (nSPS) is 13.3. The molecule has 0 unspecified atom stereocenters. The Hall–Kier alpha value is 0.180. The Kier molecular flexibility index (Phi) is 7.66. The van der Waals surface area contributed by atoms with E-state index in [4.69, 9.17) is 24.3 Å². The molecule has 0 saturated carbocycles. The van der Waals surface area contributed by atoms with Gasteiger partial charge >= 0.3 is 15.2 Å². The first-order valence-electron chi connectivity index (χ1n) is 4.48. The van der Waals surface area contributed by atoms with Gasteiger partial charge in [-0.15, -0.1) is 0 Å². The van der Waals surface area contributed by atoms with Crippen molar-refractivity contribution in [2.45, 2.75) is 5.59 Å². The van der Waals surface area contributed by atoms with E-state index in [0.29, 0.717) is 6.61 Å². The van der Waals surface area contributed by atoms with E-state index in [0.717, 1.165) is 0 Å². The fourth-order valence-corrected chi connectivity index (χ4v) is 3.01. The largest absolute Gasteiger partial charge is 0.382 e. The van der Waals surface area contributed by atoms with Crippen molar-refractivity contribution in [3.8, 4) is 0 Å². The topological polar surface area (TPSA) is 143 Å². The Morgan fingerprint density at radius 2 is 1.41 bits per heavy atom. The van der Waals surface area contributed by atoms with Gasteiger partial charge in [-0.25, -0.2) is 0 Å². The zero-order valence-corrected chi connectivity index (χ0v) is 10.9. The third-order valence-electron chi connectivity index (χ3n) is 1.50. The van der Waals surface area contributed by atoms with Crippen molar-refractivity contribution in [3.05, 3.63) is 0 Å². The first-order chi connectivity index (χ1) is 7.69. The minimum atomic E-state index is -5.02. The SMILES string of the molecule is COCCOCCOC(P(=O)(O)O)P(=O)(O)O. The minimum Gasteiger partial charge on any atom is -0.382 e. The van der Waals surface area contributed by atoms with Crippen LogP contribution in [0.1, 0.15) is 0 Å². The molecule has 0 heterocycles. The minimum absolute atomic E-state index is 0.0557. The zero-order valence-electron chi connectivity index (χ0n) is 9.13. The molecule has 0 bridgehead atoms. The van der Waals surface area contributed by atoms with E-state index in [9.17, 15) is 9.13 Å². The standard InChI is InChI=1S/C6H16O9P2/c1-13-2-3-14-4-5-15-6(16(7,8)9)17(10,11)12/h6H,2-5H2,1H3,(H2,7,8,9)(H2,10,11,12). The molecule has 0 radical (unpaired) electrons. The maximum Gasteiger partial charge on any atom is 0.366 e. The van der Waals surface area contributed by atoms with Gasteiger partial charge in [-0.2, -0.15) is 0 Å². The van der Waals surface area contributed by atoms with Gasteiger partial charge in [0.05, 0.1) is 26.4 Å². The number of ether oxygens (including phenoxy) is 3. The molecule has 0 aliphatic rings. The van der Waals surface area contributed by atoms with Crippen LogP contribution < -0.4 is 0 Å². The highest BCUT2D eigenvalue weighted by atomic mass is 31.2. The highest BCUT2D eigenvalue weighted by Crippen LogP contribution is 2.60. The Morgan fingerprint density at radius 1 is 0.941 bits per heavy atom. The molecule has 0 aromatic heterocycles. The lowest BCUT2D eigenvalue weighted by Crippen LogP contribution is -2.17. The zero-order chi connectivity index (χ0) is 13.5. The van der Waals surface area contributed by atoms with Crippen molar-refractivity contribution >= 4 is 15.2 Å². The van der Waals surface area contributed by atoms with E-state index in [1.807, 2.05) is 0 Å². The van der Waals surface area contributed by atoms with Crippen molar-refractivity contribution in [1.82, 2.24) is 0 Å². The lowest BCUT2D eigenvalue weighted by molar-refractivity contribution is 0.0212. The summed E-state index contributed by atoms with van der Waals surface area (Å²) in [6.07, 6.45) is 0. The Morgan fingerprint density at radius 3 is 1.82 bits per heavy atom. The molecule has 0 aliphatic carbocycles. The molecule has 4 N–H and O–H groups in total. The van der Waals surface area contributed by atoms with Gasteiger partial charge in [0.2, 0.25) is 0 Å². The van der Waals surface area contributed by atoms with E-state index in [1.165, 1.54) is 7.11 Å². The molecule has 0 atom stereocenters. The van der Waals surface area contributed by atoms with Crippen LogP contribution in [0.3, 0.4) is 0 Å². The predicted octanol–water partition coefficient (Wildman–Crippen LogP) is -0.695. The van der Waals surface area contributed by atoms with Gasteiger partial charge in [0.1, 0.15) is 0 Å². The highest BCUT2D eigenvalue weighted by Gasteiger charge is 2.44. The van der Waals surface area contributed by atoms with E-state index in [2.05, 4.69) is 9.47 Å². The summed E-state index contributed by atoms with van der Waals surface area (Å²) in [7, 11) is -8.58. The Bertz CT molecular complexity index is 272. The number of hydrogen-bond acceptors (Lipinski definition) is 5. The molecule has 0 amide bonds. The van der Waals surface area contributed by atoms with Gasteiger partial charge in [-0.1, -0.05) is 0 Å². The van der Waals surface area contributed by atoms with E-state index in [1.54, 1.807) is 0 Å². The molecule has 17 heavy (non-hydrogen) atoms. The van der Waals surface area contributed by atoms with E-state index < -0.39 is 20.8 Å². The predicted molar refractivity (Wildman–Crippen MR) is 56.5 cm³/mol. The molecule has 0 aliphatic heterocycles. The van der Waals surface area contributed by atoms with Crippen LogP contribution in [0.4, 0.5) is 0 Å². The van der Waals surface area contributed by atoms with Crippen LogP contribution in [0.15, 0.2) is 0 Å². The molecule has 0 fully saturated rings. The maximum absolute atomic E-state index is 10.8. The first-order valence-corrected chi connectivity index (χ1v) is 7.84. The molecule has 0 saturated heterocycles. The molecule has 9 nitrogen and oxygen atoms in total. The Labute approximate surface area is 98.0 Å². The molecule has 0 aromatic rings. The summed E-state index contributed by atoms with van der Waals surface area (Å²) in [5.74, 6) is 0. The van der Waals surface area contributed by atoms with Crippen molar-refractivity contribution in [3.63, 3.8) is 0 Å². The van der Waals surface area contributed by atoms with Gasteiger partial charge in [-0.05, 0) is 0 Å². The van der Waals surface area contributed by atoms with Crippen LogP contribution in [0.5, 0.6) is 0 Å². The average Bonchev–Trinajstić information content (AvgIpc) is 2.12. The fourth-order valence-electron chi connectivity index (χ4n) is 0.847. The van der Waals surface area contributed by atoms with Crippen molar-refractivity contribution in [2.75, 3.05) is 33.5 Å². The number of hydrogen-bond donors (Lipinski definition) is 4. The molecule has 104 valence electrons. The van der Waals surface area contributed by atoms with E-state index in [-0.39, 0.29) is 19.8 Å². The van der Waals surface area contributed by atoms with Gasteiger partial charge in [0, 0.05) is 7.11 Å². The lowest BCUT2D eigenvalue weighted by Gasteiger charge is -2.19. The van der Waals surface area contributed by atoms with Crippen LogP contribution in [-0.4, -0.2) is 58.7 Å². The molecular weight excluding hydrogens is 278 g/mol. The number of rotatable bonds is 9. The smallest absolute Gasteiger partial charge is 0.366 e. The van der Waals surface area contributed by atoms with E-state index >= 15 is 0 Å². The second kappa shape index (κ2) is 7.58. The van der Waals surface area contributed by atoms with Crippen LogP contribution in [-0.2, 0) is 23.3 Å². The second-order valence-corrected chi connectivity index (χ2v) is 6.68. The fraction of sp³-hybridized carbons (Fsp3) is 1.00. The van der Waals surface area contributed by atoms with Crippen LogP contribution >= 0.6 is 15.2 Å². The monoisotopic (exact) mass is 294 g/mol. The summed E-state index contributed by atoms with van der Waals surface area (Å²) in [5.41, 5.74) is -2.44. The average molecular weight is 294 g/mol. The van der Waals surface area contributed by atoms with Crippen molar-refractivity contribution in [2.24, 2.45) is 0 Å². The summed E-state index contributed by atoms with van der Waals surface area (Å²) < 4.78 is 35.5. The summed E-state index contributed by atoms with van der Waals surface area (Å²) in [6, 6.07) is 0. The maximum atomic E-state index is 10.8. The summed E-state index contributed by atoms with van der Waals surface area (Å²) >= 11 is 0. The van der Waals surface area contributed by atoms with Gasteiger partial charge < -0.3 is 33.8 Å². The number of methoxy groups -OCH3 is 1. The molecule has 0 rings (SSSR count).